The highest BCUT2D eigenvalue weighted by Gasteiger charge is 2.30. The van der Waals surface area contributed by atoms with E-state index in [0.29, 0.717) is 5.69 Å². The number of halogens is 3. The summed E-state index contributed by atoms with van der Waals surface area (Å²) in [5.41, 5.74) is -0.373. The van der Waals surface area contributed by atoms with Gasteiger partial charge in [-0.15, -0.1) is 0 Å². The van der Waals surface area contributed by atoms with Gasteiger partial charge in [0.15, 0.2) is 5.11 Å². The average molecular weight is 365 g/mol. The molecule has 0 unspecified atom stereocenters. The summed E-state index contributed by atoms with van der Waals surface area (Å²) < 4.78 is 40.1. The van der Waals surface area contributed by atoms with Gasteiger partial charge in [-0.1, -0.05) is 6.07 Å². The second-order valence-electron chi connectivity index (χ2n) is 5.15. The number of alkyl halides is 3. The van der Waals surface area contributed by atoms with Crippen LogP contribution in [0.2, 0.25) is 0 Å². The molecule has 9 heteroatoms. The molecule has 0 spiro atoms. The molecule has 25 heavy (non-hydrogen) atoms. The minimum atomic E-state index is -4.47. The molecule has 0 aliphatic carbocycles. The molecule has 0 radical (unpaired) electrons. The van der Waals surface area contributed by atoms with E-state index < -0.39 is 23.6 Å². The van der Waals surface area contributed by atoms with Crippen LogP contribution in [0.3, 0.4) is 0 Å². The van der Waals surface area contributed by atoms with Gasteiger partial charge in [0.2, 0.25) is 0 Å². The van der Waals surface area contributed by atoms with E-state index in [0.717, 1.165) is 12.1 Å². The zero-order valence-corrected chi connectivity index (χ0v) is 13.2. The van der Waals surface area contributed by atoms with Crippen molar-refractivity contribution < 1.29 is 22.8 Å². The van der Waals surface area contributed by atoms with E-state index in [1.807, 2.05) is 0 Å². The van der Waals surface area contributed by atoms with Gasteiger partial charge >= 0.3 is 6.18 Å². The van der Waals surface area contributed by atoms with Gasteiger partial charge in [-0.25, -0.2) is 0 Å². The molecule has 5 nitrogen and oxygen atoms in total. The maximum Gasteiger partial charge on any atom is 0.416 e. The quantitative estimate of drug-likeness (QED) is 0.488. The number of carbonyl (C=O) groups excluding carboxylic acids is 2. The molecule has 0 saturated carbocycles. The van der Waals surface area contributed by atoms with Crippen LogP contribution in [0.25, 0.3) is 11.8 Å². The first-order valence-corrected chi connectivity index (χ1v) is 7.40. The predicted molar refractivity (Wildman–Crippen MR) is 87.6 cm³/mol. The van der Waals surface area contributed by atoms with Crippen molar-refractivity contribution in [2.45, 2.75) is 6.18 Å². The van der Waals surface area contributed by atoms with Crippen LogP contribution in [0.5, 0.6) is 0 Å². The van der Waals surface area contributed by atoms with Gasteiger partial charge in [-0.2, -0.15) is 13.2 Å². The first-order valence-electron chi connectivity index (χ1n) is 6.99. The maximum absolute atomic E-state index is 12.9. The summed E-state index contributed by atoms with van der Waals surface area (Å²) in [6.45, 7) is 0. The number of carbonyl (C=O) groups is 2. The number of nitrogens with one attached hydrogen (secondary N) is 2. The molecule has 2 aromatic rings. The second-order valence-corrected chi connectivity index (χ2v) is 5.55. The molecule has 1 aromatic heterocycles. The van der Waals surface area contributed by atoms with Crippen LogP contribution in [-0.4, -0.2) is 21.5 Å². The number of rotatable bonds is 2. The number of benzene rings is 1. The Morgan fingerprint density at radius 2 is 1.72 bits per heavy atom. The first-order chi connectivity index (χ1) is 11.8. The Bertz CT molecular complexity index is 893. The lowest BCUT2D eigenvalue weighted by Crippen LogP contribution is -2.51. The summed E-state index contributed by atoms with van der Waals surface area (Å²) in [7, 11) is 0. The monoisotopic (exact) mass is 365 g/mol. The van der Waals surface area contributed by atoms with Gasteiger partial charge in [-0.3, -0.25) is 20.2 Å². The van der Waals surface area contributed by atoms with E-state index in [4.69, 9.17) is 12.2 Å². The van der Waals surface area contributed by atoms with Crippen molar-refractivity contribution in [1.29, 1.82) is 0 Å². The normalized spacial score (nSPS) is 15.0. The highest BCUT2D eigenvalue weighted by molar-refractivity contribution is 7.80. The van der Waals surface area contributed by atoms with Gasteiger partial charge in [0.1, 0.15) is 5.57 Å². The molecule has 1 aliphatic heterocycles. The molecule has 128 valence electrons. The van der Waals surface area contributed by atoms with Crippen LogP contribution in [-0.2, 0) is 15.8 Å². The summed E-state index contributed by atoms with van der Waals surface area (Å²) in [6.07, 6.45) is -1.65. The van der Waals surface area contributed by atoms with Gasteiger partial charge in [0, 0.05) is 17.6 Å². The Hall–Kier alpha value is -2.94. The van der Waals surface area contributed by atoms with Crippen LogP contribution in [0.4, 0.5) is 13.2 Å². The minimum absolute atomic E-state index is 0.0968. The number of nitrogens with zero attached hydrogens (tertiary/aromatic N) is 1. The Balaban J connectivity index is 2.02. The van der Waals surface area contributed by atoms with Crippen molar-refractivity contribution >= 4 is 35.2 Å². The number of hydrogen-bond acceptors (Lipinski definition) is 3. The van der Waals surface area contributed by atoms with Crippen molar-refractivity contribution in [1.82, 2.24) is 15.2 Å². The molecule has 2 N–H and O–H groups in total. The zero-order chi connectivity index (χ0) is 18.2. The smallest absolute Gasteiger partial charge is 0.317 e. The van der Waals surface area contributed by atoms with Crippen molar-refractivity contribution in [2.24, 2.45) is 0 Å². The van der Waals surface area contributed by atoms with E-state index in [-0.39, 0.29) is 16.4 Å². The molecule has 3 rings (SSSR count). The van der Waals surface area contributed by atoms with Crippen LogP contribution < -0.4 is 10.6 Å². The molecule has 1 aromatic carbocycles. The summed E-state index contributed by atoms with van der Waals surface area (Å²) in [4.78, 5) is 23.8. The molecule has 0 bridgehead atoms. The SMILES string of the molecule is O=C1NC(=S)NC(=O)C1=Cc1cccn1-c1cccc(C(F)(F)F)c1. The Morgan fingerprint density at radius 1 is 1.04 bits per heavy atom. The molecule has 2 amide bonds. The van der Waals surface area contributed by atoms with Gasteiger partial charge < -0.3 is 4.57 Å². The lowest BCUT2D eigenvalue weighted by molar-refractivity contribution is -0.137. The van der Waals surface area contributed by atoms with Crippen molar-refractivity contribution in [3.8, 4) is 5.69 Å². The van der Waals surface area contributed by atoms with Crippen LogP contribution in [0.15, 0.2) is 48.2 Å². The topological polar surface area (TPSA) is 63.1 Å². The number of hydrogen-bond donors (Lipinski definition) is 2. The third-order valence-electron chi connectivity index (χ3n) is 3.47. The van der Waals surface area contributed by atoms with E-state index in [1.165, 1.54) is 29.0 Å². The second kappa shape index (κ2) is 6.17. The minimum Gasteiger partial charge on any atom is -0.317 e. The van der Waals surface area contributed by atoms with Crippen LogP contribution in [0, 0.1) is 0 Å². The summed E-state index contributed by atoms with van der Waals surface area (Å²) in [5, 5.41) is 4.49. The summed E-state index contributed by atoms with van der Waals surface area (Å²) in [5.74, 6) is -1.35. The van der Waals surface area contributed by atoms with E-state index in [2.05, 4.69) is 10.6 Å². The molecule has 2 heterocycles. The van der Waals surface area contributed by atoms with Crippen LogP contribution >= 0.6 is 12.2 Å². The van der Waals surface area contributed by atoms with E-state index in [1.54, 1.807) is 12.1 Å². The highest BCUT2D eigenvalue weighted by atomic mass is 32.1. The predicted octanol–water partition coefficient (Wildman–Crippen LogP) is 2.41. The largest absolute Gasteiger partial charge is 0.416 e. The zero-order valence-electron chi connectivity index (χ0n) is 12.4. The van der Waals surface area contributed by atoms with E-state index >= 15 is 0 Å². The van der Waals surface area contributed by atoms with Crippen molar-refractivity contribution in [3.63, 3.8) is 0 Å². The average Bonchev–Trinajstić information content (AvgIpc) is 2.98. The third kappa shape index (κ3) is 3.45. The first kappa shape index (κ1) is 16.9. The van der Waals surface area contributed by atoms with Crippen molar-refractivity contribution in [2.75, 3.05) is 0 Å². The lowest BCUT2D eigenvalue weighted by Gasteiger charge is -2.17. The van der Waals surface area contributed by atoms with E-state index in [9.17, 15) is 22.8 Å². The molecule has 1 fully saturated rings. The summed E-state index contributed by atoms with van der Waals surface area (Å²) >= 11 is 4.71. The number of thiocarbonyl (C=S) groups is 1. The maximum atomic E-state index is 12.9. The number of amides is 2. The lowest BCUT2D eigenvalue weighted by atomic mass is 10.1. The third-order valence-corrected chi connectivity index (χ3v) is 3.67. The molecular weight excluding hydrogens is 355 g/mol. The number of aromatic nitrogens is 1. The Labute approximate surface area is 145 Å². The molecule has 1 saturated heterocycles. The van der Waals surface area contributed by atoms with Gasteiger partial charge in [0.05, 0.1) is 5.56 Å². The molecule has 0 atom stereocenters. The Morgan fingerprint density at radius 3 is 2.36 bits per heavy atom. The van der Waals surface area contributed by atoms with Gasteiger partial charge in [-0.05, 0) is 48.6 Å². The highest BCUT2D eigenvalue weighted by Crippen LogP contribution is 2.30. The standard InChI is InChI=1S/C16H10F3N3O2S/c17-16(18,19)9-3-1-4-10(7-9)22-6-2-5-11(22)8-12-13(23)20-15(25)21-14(12)24/h1-8H,(H2,20,21,23,24,25). The molecular formula is C16H10F3N3O2S. The van der Waals surface area contributed by atoms with Crippen molar-refractivity contribution in [3.05, 3.63) is 59.4 Å². The molecule has 1 aliphatic rings. The summed E-state index contributed by atoms with van der Waals surface area (Å²) in [6, 6.07) is 7.89. The Kier molecular flexibility index (Phi) is 4.17. The fourth-order valence-corrected chi connectivity index (χ4v) is 2.52. The van der Waals surface area contributed by atoms with Crippen LogP contribution in [0.1, 0.15) is 11.3 Å². The fraction of sp³-hybridized carbons (Fsp3) is 0.0625. The fourth-order valence-electron chi connectivity index (χ4n) is 2.33. The van der Waals surface area contributed by atoms with Gasteiger partial charge in [0.25, 0.3) is 11.8 Å².